The van der Waals surface area contributed by atoms with Gasteiger partial charge in [0.2, 0.25) is 5.91 Å². The number of carbonyl (C=O) groups is 1. The smallest absolute Gasteiger partial charge is 0.223 e. The molecule has 1 aliphatic carbocycles. The number of carbonyl (C=O) groups excluding carboxylic acids is 1. The van der Waals surface area contributed by atoms with Crippen LogP contribution in [0.1, 0.15) is 17.9 Å². The normalized spacial score (nSPS) is 26.2. The van der Waals surface area contributed by atoms with Crippen molar-refractivity contribution < 1.29 is 4.79 Å². The maximum Gasteiger partial charge on any atom is 0.223 e. The number of rotatable bonds is 4. The average molecular weight is 291 g/mol. The van der Waals surface area contributed by atoms with Gasteiger partial charge in [-0.05, 0) is 42.0 Å². The van der Waals surface area contributed by atoms with E-state index in [1.54, 1.807) is 7.05 Å². The number of nitrogens with zero attached hydrogens (tertiary/aromatic N) is 1. The monoisotopic (exact) mass is 291 g/mol. The van der Waals surface area contributed by atoms with Gasteiger partial charge in [0.05, 0.1) is 0 Å². The van der Waals surface area contributed by atoms with Crippen LogP contribution in [0.4, 0.5) is 0 Å². The predicted molar refractivity (Wildman–Crippen MR) is 81.7 cm³/mol. The zero-order chi connectivity index (χ0) is 13.9. The molecule has 1 unspecified atom stereocenters. The van der Waals surface area contributed by atoms with Crippen LogP contribution in [0.5, 0.6) is 0 Å². The van der Waals surface area contributed by atoms with Gasteiger partial charge in [-0.3, -0.25) is 4.79 Å². The molecule has 0 aromatic heterocycles. The molecule has 0 radical (unpaired) electrons. The molecule has 108 valence electrons. The van der Waals surface area contributed by atoms with Crippen molar-refractivity contribution in [1.29, 1.82) is 0 Å². The highest BCUT2D eigenvalue weighted by Crippen LogP contribution is 2.47. The number of amides is 1. The summed E-state index contributed by atoms with van der Waals surface area (Å²) >= 11 is 1.83. The number of piperazine rings is 1. The van der Waals surface area contributed by atoms with Crippen LogP contribution >= 0.6 is 11.9 Å². The highest BCUT2D eigenvalue weighted by molar-refractivity contribution is 7.97. The van der Waals surface area contributed by atoms with Gasteiger partial charge in [0.15, 0.2) is 0 Å². The molecule has 20 heavy (non-hydrogen) atoms. The molecule has 5 heteroatoms. The molecule has 1 heterocycles. The Kier molecular flexibility index (Phi) is 4.29. The van der Waals surface area contributed by atoms with E-state index in [9.17, 15) is 4.79 Å². The molecule has 2 fully saturated rings. The first kappa shape index (κ1) is 13.9. The molecule has 1 aliphatic heterocycles. The summed E-state index contributed by atoms with van der Waals surface area (Å²) in [5, 5.41) is 6.10. The third-order valence-electron chi connectivity index (χ3n) is 3.99. The van der Waals surface area contributed by atoms with Gasteiger partial charge in [-0.2, -0.15) is 0 Å². The Morgan fingerprint density at radius 1 is 1.30 bits per heavy atom. The minimum atomic E-state index is 0.175. The average Bonchev–Trinajstić information content (AvgIpc) is 3.29. The highest BCUT2D eigenvalue weighted by Gasteiger charge is 2.43. The van der Waals surface area contributed by atoms with E-state index in [2.05, 4.69) is 39.2 Å². The molecule has 1 saturated carbocycles. The Balaban J connectivity index is 1.56. The van der Waals surface area contributed by atoms with Gasteiger partial charge in [-0.1, -0.05) is 12.1 Å². The second-order valence-corrected chi connectivity index (χ2v) is 6.57. The van der Waals surface area contributed by atoms with Crippen LogP contribution < -0.4 is 10.6 Å². The van der Waals surface area contributed by atoms with Crippen molar-refractivity contribution in [1.82, 2.24) is 14.9 Å². The van der Waals surface area contributed by atoms with E-state index in [0.29, 0.717) is 5.92 Å². The van der Waals surface area contributed by atoms with Crippen molar-refractivity contribution in [2.24, 2.45) is 5.92 Å². The Labute approximate surface area is 124 Å². The third-order valence-corrected chi connectivity index (χ3v) is 5.10. The van der Waals surface area contributed by atoms with Crippen molar-refractivity contribution in [3.05, 3.63) is 29.8 Å². The van der Waals surface area contributed by atoms with Gasteiger partial charge in [0, 0.05) is 44.0 Å². The summed E-state index contributed by atoms with van der Waals surface area (Å²) in [5.74, 6) is 0.786. The van der Waals surface area contributed by atoms with Gasteiger partial charge in [0.1, 0.15) is 0 Å². The first-order valence-electron chi connectivity index (χ1n) is 7.23. The number of benzene rings is 1. The van der Waals surface area contributed by atoms with E-state index in [-0.39, 0.29) is 11.8 Å². The molecule has 4 nitrogen and oxygen atoms in total. The Morgan fingerprint density at radius 2 is 2.00 bits per heavy atom. The largest absolute Gasteiger partial charge is 0.359 e. The minimum absolute atomic E-state index is 0.175. The lowest BCUT2D eigenvalue weighted by molar-refractivity contribution is -0.121. The van der Waals surface area contributed by atoms with E-state index >= 15 is 0 Å². The first-order valence-corrected chi connectivity index (χ1v) is 8.00. The molecule has 1 amide bonds. The molecule has 3 rings (SSSR count). The fraction of sp³-hybridized carbons (Fsp3) is 0.533. The summed E-state index contributed by atoms with van der Waals surface area (Å²) in [6.07, 6.45) is 0.990. The fourth-order valence-corrected chi connectivity index (χ4v) is 3.62. The number of hydrogen-bond donors (Lipinski definition) is 2. The molecular formula is C15H21N3OS. The lowest BCUT2D eigenvalue weighted by Crippen LogP contribution is -2.39. The molecule has 1 aromatic carbocycles. The van der Waals surface area contributed by atoms with Gasteiger partial charge >= 0.3 is 0 Å². The summed E-state index contributed by atoms with van der Waals surface area (Å²) < 4.78 is 2.40. The van der Waals surface area contributed by atoms with Crippen LogP contribution in [0, 0.1) is 5.92 Å². The molecule has 0 spiro atoms. The summed E-state index contributed by atoms with van der Waals surface area (Å²) in [5.41, 5.74) is 1.29. The van der Waals surface area contributed by atoms with Gasteiger partial charge in [-0.15, -0.1) is 0 Å². The van der Waals surface area contributed by atoms with Crippen LogP contribution in [0.25, 0.3) is 0 Å². The number of nitrogens with one attached hydrogen (secondary N) is 2. The zero-order valence-electron chi connectivity index (χ0n) is 11.8. The maximum absolute atomic E-state index is 11.6. The maximum atomic E-state index is 11.6. The fourth-order valence-electron chi connectivity index (χ4n) is 2.70. The van der Waals surface area contributed by atoms with Crippen molar-refractivity contribution in [3.8, 4) is 0 Å². The zero-order valence-corrected chi connectivity index (χ0v) is 12.6. The van der Waals surface area contributed by atoms with Crippen molar-refractivity contribution in [2.75, 3.05) is 33.2 Å². The summed E-state index contributed by atoms with van der Waals surface area (Å²) in [7, 11) is 1.71. The van der Waals surface area contributed by atoms with Gasteiger partial charge < -0.3 is 10.6 Å². The Bertz CT molecular complexity index is 471. The summed E-state index contributed by atoms with van der Waals surface area (Å²) in [6.45, 7) is 4.32. The van der Waals surface area contributed by atoms with Crippen molar-refractivity contribution >= 4 is 17.9 Å². The molecular weight excluding hydrogens is 270 g/mol. The SMILES string of the molecule is CNC(=O)C1C[C@H]1c1ccc(SN2CCNCC2)cc1. The molecule has 2 N–H and O–H groups in total. The second-order valence-electron chi connectivity index (χ2n) is 5.40. The predicted octanol–water partition coefficient (Wildman–Crippen LogP) is 1.45. The Hall–Kier alpha value is -1.04. The first-order chi connectivity index (χ1) is 9.78. The van der Waals surface area contributed by atoms with Crippen LogP contribution in [0.3, 0.4) is 0 Å². The lowest BCUT2D eigenvalue weighted by Gasteiger charge is -2.25. The summed E-state index contributed by atoms with van der Waals surface area (Å²) in [6, 6.07) is 8.72. The quantitative estimate of drug-likeness (QED) is 0.824. The van der Waals surface area contributed by atoms with E-state index in [4.69, 9.17) is 0 Å². The van der Waals surface area contributed by atoms with Crippen LogP contribution in [0.15, 0.2) is 29.2 Å². The highest BCUT2D eigenvalue weighted by atomic mass is 32.2. The summed E-state index contributed by atoms with van der Waals surface area (Å²) in [4.78, 5) is 12.8. The molecule has 1 aromatic rings. The standard InChI is InChI=1S/C15H21N3OS/c1-16-15(19)14-10-13(14)11-2-4-12(5-3-11)20-18-8-6-17-7-9-18/h2-5,13-14,17H,6-10H2,1H3,(H,16,19)/t13-,14?/m0/s1. The molecule has 0 bridgehead atoms. The Morgan fingerprint density at radius 3 is 2.65 bits per heavy atom. The van der Waals surface area contributed by atoms with E-state index in [1.807, 2.05) is 11.9 Å². The van der Waals surface area contributed by atoms with E-state index in [1.165, 1.54) is 10.5 Å². The number of hydrogen-bond acceptors (Lipinski definition) is 4. The minimum Gasteiger partial charge on any atom is -0.359 e. The van der Waals surface area contributed by atoms with Crippen molar-refractivity contribution in [3.63, 3.8) is 0 Å². The second kappa shape index (κ2) is 6.16. The van der Waals surface area contributed by atoms with Crippen LogP contribution in [-0.2, 0) is 4.79 Å². The lowest BCUT2D eigenvalue weighted by atomic mass is 10.1. The molecule has 2 atom stereocenters. The van der Waals surface area contributed by atoms with Gasteiger partial charge in [0.25, 0.3) is 0 Å². The topological polar surface area (TPSA) is 44.4 Å². The molecule has 2 aliphatic rings. The van der Waals surface area contributed by atoms with Crippen molar-refractivity contribution in [2.45, 2.75) is 17.2 Å². The van der Waals surface area contributed by atoms with E-state index < -0.39 is 0 Å². The van der Waals surface area contributed by atoms with Crippen LogP contribution in [0.2, 0.25) is 0 Å². The third kappa shape index (κ3) is 3.16. The van der Waals surface area contributed by atoms with Crippen LogP contribution in [-0.4, -0.2) is 43.4 Å². The van der Waals surface area contributed by atoms with E-state index in [0.717, 1.165) is 32.6 Å². The van der Waals surface area contributed by atoms with Gasteiger partial charge in [-0.25, -0.2) is 4.31 Å². The molecule has 1 saturated heterocycles.